The molecule has 0 aromatic heterocycles. The molecule has 0 saturated carbocycles. The molecule has 2 aliphatic rings. The molecule has 1 aliphatic heterocycles. The summed E-state index contributed by atoms with van der Waals surface area (Å²) < 4.78 is 11.5. The van der Waals surface area contributed by atoms with Gasteiger partial charge in [-0.3, -0.25) is 14.5 Å². The van der Waals surface area contributed by atoms with Crippen LogP contribution >= 0.6 is 0 Å². The van der Waals surface area contributed by atoms with Gasteiger partial charge in [0.1, 0.15) is 0 Å². The third kappa shape index (κ3) is 4.58. The van der Waals surface area contributed by atoms with E-state index in [-0.39, 0.29) is 36.6 Å². The average molecular weight is 449 g/mol. The Balaban J connectivity index is 1.77. The molecule has 0 spiro atoms. The number of carbonyl (C=O) groups is 2. The number of likely N-dealkylation sites (N-methyl/N-ethyl adjacent to an activating group) is 1. The second kappa shape index (κ2) is 9.65. The van der Waals surface area contributed by atoms with Crippen LogP contribution in [0.2, 0.25) is 0 Å². The van der Waals surface area contributed by atoms with E-state index in [9.17, 15) is 9.59 Å². The Kier molecular flexibility index (Phi) is 6.67. The maximum absolute atomic E-state index is 12.6. The SMILES string of the molecule is CC(C)C(=O)Oc1c(OC(=O)CCCN=[N+]=[N-])ccc2c1-c1cccc3c1[C@@H](C2)N(C)CC3. The standard InChI is InChI=1S/C25H28N4O4/c1-15(2)25(31)33-24-20(32-21(30)8-5-12-27-28-26)10-9-17-14-19-22-16(11-13-29(19)3)6-4-7-18(22)23(17)24/h4,6-7,9-10,15,19H,5,8,11-14H2,1-3H3/t19-/m1/s1. The first-order chi connectivity index (χ1) is 15.9. The Hall–Kier alpha value is -3.35. The zero-order valence-corrected chi connectivity index (χ0v) is 19.2. The van der Waals surface area contributed by atoms with Crippen LogP contribution in [0, 0.1) is 5.92 Å². The summed E-state index contributed by atoms with van der Waals surface area (Å²) in [5.74, 6) is -0.645. The molecule has 0 N–H and O–H groups in total. The molecule has 0 bridgehead atoms. The Morgan fingerprint density at radius 2 is 2.03 bits per heavy atom. The lowest BCUT2D eigenvalue weighted by molar-refractivity contribution is -0.139. The van der Waals surface area contributed by atoms with Crippen LogP contribution < -0.4 is 9.47 Å². The van der Waals surface area contributed by atoms with Gasteiger partial charge >= 0.3 is 11.9 Å². The summed E-state index contributed by atoms with van der Waals surface area (Å²) in [5.41, 5.74) is 13.9. The molecule has 2 aromatic rings. The smallest absolute Gasteiger partial charge is 0.313 e. The monoisotopic (exact) mass is 448 g/mol. The van der Waals surface area contributed by atoms with Gasteiger partial charge in [0.15, 0.2) is 11.5 Å². The van der Waals surface area contributed by atoms with Crippen LogP contribution in [0.5, 0.6) is 11.5 Å². The predicted molar refractivity (Wildman–Crippen MR) is 124 cm³/mol. The molecule has 8 heteroatoms. The molecule has 1 atom stereocenters. The van der Waals surface area contributed by atoms with Gasteiger partial charge in [0, 0.05) is 36.0 Å². The number of azide groups is 1. The molecule has 2 aromatic carbocycles. The van der Waals surface area contributed by atoms with Crippen molar-refractivity contribution in [3.05, 3.63) is 57.5 Å². The van der Waals surface area contributed by atoms with Crippen molar-refractivity contribution >= 4 is 11.9 Å². The molecule has 0 unspecified atom stereocenters. The van der Waals surface area contributed by atoms with E-state index in [1.807, 2.05) is 12.1 Å². The van der Waals surface area contributed by atoms with Crippen LogP contribution in [0.15, 0.2) is 35.4 Å². The molecule has 8 nitrogen and oxygen atoms in total. The lowest BCUT2D eigenvalue weighted by Gasteiger charge is -2.40. The van der Waals surface area contributed by atoms with E-state index in [4.69, 9.17) is 15.0 Å². The largest absolute Gasteiger partial charge is 0.422 e. The number of benzene rings is 2. The summed E-state index contributed by atoms with van der Waals surface area (Å²) in [7, 11) is 2.14. The van der Waals surface area contributed by atoms with Gasteiger partial charge < -0.3 is 9.47 Å². The van der Waals surface area contributed by atoms with Gasteiger partial charge in [-0.05, 0) is 60.2 Å². The summed E-state index contributed by atoms with van der Waals surface area (Å²) in [5, 5.41) is 3.44. The van der Waals surface area contributed by atoms with Crippen molar-refractivity contribution in [1.82, 2.24) is 4.90 Å². The van der Waals surface area contributed by atoms with E-state index in [1.54, 1.807) is 19.9 Å². The van der Waals surface area contributed by atoms with Gasteiger partial charge in [-0.2, -0.15) is 0 Å². The van der Waals surface area contributed by atoms with Gasteiger partial charge in [0.05, 0.1) is 5.92 Å². The Bertz CT molecular complexity index is 1140. The van der Waals surface area contributed by atoms with Crippen molar-refractivity contribution < 1.29 is 19.1 Å². The maximum atomic E-state index is 12.6. The van der Waals surface area contributed by atoms with Crippen molar-refractivity contribution in [2.24, 2.45) is 11.0 Å². The van der Waals surface area contributed by atoms with Crippen molar-refractivity contribution in [3.8, 4) is 22.6 Å². The van der Waals surface area contributed by atoms with Crippen LogP contribution in [0.3, 0.4) is 0 Å². The molecule has 172 valence electrons. The van der Waals surface area contributed by atoms with Crippen molar-refractivity contribution in [1.29, 1.82) is 0 Å². The number of nitrogens with zero attached hydrogens (tertiary/aromatic N) is 4. The highest BCUT2D eigenvalue weighted by atomic mass is 16.6. The molecule has 0 fully saturated rings. The predicted octanol–water partition coefficient (Wildman–Crippen LogP) is 5.00. The highest BCUT2D eigenvalue weighted by molar-refractivity contribution is 5.87. The first kappa shape index (κ1) is 22.8. The lowest BCUT2D eigenvalue weighted by atomic mass is 9.77. The summed E-state index contributed by atoms with van der Waals surface area (Å²) in [6.07, 6.45) is 2.24. The van der Waals surface area contributed by atoms with E-state index < -0.39 is 5.97 Å². The fourth-order valence-corrected chi connectivity index (χ4v) is 4.56. The molecule has 33 heavy (non-hydrogen) atoms. The van der Waals surface area contributed by atoms with Crippen LogP contribution in [0.1, 0.15) is 49.4 Å². The van der Waals surface area contributed by atoms with Crippen molar-refractivity contribution in [2.75, 3.05) is 20.1 Å². The van der Waals surface area contributed by atoms with Gasteiger partial charge in [-0.25, -0.2) is 0 Å². The van der Waals surface area contributed by atoms with Crippen LogP contribution in [0.4, 0.5) is 0 Å². The molecular formula is C25H28N4O4. The zero-order valence-electron chi connectivity index (χ0n) is 19.2. The summed E-state index contributed by atoms with van der Waals surface area (Å²) >= 11 is 0. The molecule has 4 rings (SSSR count). The third-order valence-corrected chi connectivity index (χ3v) is 6.29. The molecule has 0 amide bonds. The lowest BCUT2D eigenvalue weighted by Crippen LogP contribution is -2.35. The molecule has 0 saturated heterocycles. The van der Waals surface area contributed by atoms with Gasteiger partial charge in [-0.15, -0.1) is 0 Å². The highest BCUT2D eigenvalue weighted by Crippen LogP contribution is 2.51. The van der Waals surface area contributed by atoms with E-state index in [2.05, 4.69) is 34.1 Å². The first-order valence-corrected chi connectivity index (χ1v) is 11.3. The molecular weight excluding hydrogens is 420 g/mol. The minimum atomic E-state index is -0.464. The Morgan fingerprint density at radius 1 is 1.21 bits per heavy atom. The highest BCUT2D eigenvalue weighted by Gasteiger charge is 2.35. The topological polar surface area (TPSA) is 105 Å². The fraction of sp³-hybridized carbons (Fsp3) is 0.440. The average Bonchev–Trinajstić information content (AvgIpc) is 2.80. The first-order valence-electron chi connectivity index (χ1n) is 11.3. The zero-order chi connectivity index (χ0) is 23.5. The number of carbonyl (C=O) groups excluding carboxylic acids is 2. The number of esters is 2. The van der Waals surface area contributed by atoms with E-state index in [1.165, 1.54) is 11.1 Å². The van der Waals surface area contributed by atoms with Crippen LogP contribution in [-0.4, -0.2) is 37.0 Å². The Morgan fingerprint density at radius 3 is 2.79 bits per heavy atom. The number of fused-ring (bicyclic) bond motifs is 2. The summed E-state index contributed by atoms with van der Waals surface area (Å²) in [6.45, 7) is 4.76. The minimum Gasteiger partial charge on any atom is -0.422 e. The number of hydrogen-bond donors (Lipinski definition) is 0. The number of ether oxygens (including phenoxy) is 2. The van der Waals surface area contributed by atoms with Crippen LogP contribution in [-0.2, 0) is 22.4 Å². The number of rotatable bonds is 7. The summed E-state index contributed by atoms with van der Waals surface area (Å²) in [4.78, 5) is 30.1. The Labute approximate surface area is 193 Å². The maximum Gasteiger partial charge on any atom is 0.313 e. The minimum absolute atomic E-state index is 0.0985. The van der Waals surface area contributed by atoms with E-state index in [0.29, 0.717) is 12.2 Å². The molecule has 0 radical (unpaired) electrons. The fourth-order valence-electron chi connectivity index (χ4n) is 4.56. The van der Waals surface area contributed by atoms with Gasteiger partial charge in [0.25, 0.3) is 0 Å². The normalized spacial score (nSPS) is 16.4. The van der Waals surface area contributed by atoms with Crippen molar-refractivity contribution in [2.45, 2.75) is 45.6 Å². The second-order valence-corrected chi connectivity index (χ2v) is 8.86. The molecule has 1 aliphatic carbocycles. The van der Waals surface area contributed by atoms with E-state index in [0.717, 1.165) is 36.1 Å². The van der Waals surface area contributed by atoms with Crippen molar-refractivity contribution in [3.63, 3.8) is 0 Å². The summed E-state index contributed by atoms with van der Waals surface area (Å²) in [6, 6.07) is 10.2. The third-order valence-electron chi connectivity index (χ3n) is 6.29. The second-order valence-electron chi connectivity index (χ2n) is 8.86. The van der Waals surface area contributed by atoms with Crippen LogP contribution in [0.25, 0.3) is 21.6 Å². The molecule has 1 heterocycles. The van der Waals surface area contributed by atoms with Gasteiger partial charge in [-0.1, -0.05) is 43.2 Å². The number of hydrogen-bond acceptors (Lipinski definition) is 6. The van der Waals surface area contributed by atoms with E-state index >= 15 is 0 Å². The van der Waals surface area contributed by atoms with Gasteiger partial charge in [0.2, 0.25) is 0 Å². The quantitative estimate of drug-likeness (QED) is 0.148.